The molecular formula is C7H12ClN3. The normalized spacial score (nSPS) is 10.4. The quantitative estimate of drug-likeness (QED) is 0.651. The molecule has 0 aliphatic rings. The Labute approximate surface area is 71.4 Å². The Morgan fingerprint density at radius 3 is 3.09 bits per heavy atom. The van der Waals surface area contributed by atoms with E-state index in [1.54, 1.807) is 6.20 Å². The molecule has 0 bridgehead atoms. The molecule has 62 valence electrons. The van der Waals surface area contributed by atoms with E-state index in [4.69, 9.17) is 11.6 Å². The van der Waals surface area contributed by atoms with Crippen LogP contribution in [0.1, 0.15) is 25.5 Å². The van der Waals surface area contributed by atoms with Crippen LogP contribution in [0.2, 0.25) is 0 Å². The Balaban J connectivity index is 2.54. The lowest BCUT2D eigenvalue weighted by Gasteiger charge is -2.00. The molecule has 0 fully saturated rings. The zero-order valence-electron chi connectivity index (χ0n) is 6.63. The summed E-state index contributed by atoms with van der Waals surface area (Å²) in [7, 11) is 0. The van der Waals surface area contributed by atoms with Crippen LogP contribution in [-0.4, -0.2) is 15.0 Å². The molecule has 1 aromatic heterocycles. The monoisotopic (exact) mass is 173 g/mol. The van der Waals surface area contributed by atoms with Gasteiger partial charge in [-0.15, -0.1) is 16.7 Å². The highest BCUT2D eigenvalue weighted by Gasteiger charge is 1.99. The van der Waals surface area contributed by atoms with Gasteiger partial charge in [-0.25, -0.2) is 4.68 Å². The number of hydrogen-bond donors (Lipinski definition) is 0. The summed E-state index contributed by atoms with van der Waals surface area (Å²) in [4.78, 5) is 0. The van der Waals surface area contributed by atoms with Gasteiger partial charge in [0, 0.05) is 6.54 Å². The summed E-state index contributed by atoms with van der Waals surface area (Å²) in [5.41, 5.74) is 1.00. The molecule has 11 heavy (non-hydrogen) atoms. The van der Waals surface area contributed by atoms with Crippen LogP contribution in [0.15, 0.2) is 6.20 Å². The fraction of sp³-hybridized carbons (Fsp3) is 0.714. The Hall–Kier alpha value is -0.570. The first-order valence-electron chi connectivity index (χ1n) is 3.81. The molecule has 1 heterocycles. The molecule has 1 rings (SSSR count). The number of halogens is 1. The molecule has 0 aliphatic carbocycles. The maximum atomic E-state index is 5.65. The Morgan fingerprint density at radius 1 is 1.64 bits per heavy atom. The van der Waals surface area contributed by atoms with Gasteiger partial charge >= 0.3 is 0 Å². The smallest absolute Gasteiger partial charge is 0.0737 e. The first kappa shape index (κ1) is 8.53. The number of aryl methyl sites for hydroxylation is 1. The summed E-state index contributed by atoms with van der Waals surface area (Å²) in [6.45, 7) is 3.08. The topological polar surface area (TPSA) is 30.7 Å². The highest BCUT2D eigenvalue weighted by atomic mass is 35.5. The summed E-state index contributed by atoms with van der Waals surface area (Å²) < 4.78 is 1.86. The van der Waals surface area contributed by atoms with Crippen molar-refractivity contribution in [2.24, 2.45) is 0 Å². The number of alkyl halides is 1. The number of unbranched alkanes of at least 4 members (excludes halogenated alkanes) is 1. The van der Waals surface area contributed by atoms with Crippen molar-refractivity contribution in [1.29, 1.82) is 0 Å². The van der Waals surface area contributed by atoms with Crippen molar-refractivity contribution < 1.29 is 0 Å². The van der Waals surface area contributed by atoms with E-state index < -0.39 is 0 Å². The number of hydrogen-bond acceptors (Lipinski definition) is 2. The predicted molar refractivity (Wildman–Crippen MR) is 44.5 cm³/mol. The van der Waals surface area contributed by atoms with E-state index in [0.29, 0.717) is 5.88 Å². The van der Waals surface area contributed by atoms with Gasteiger partial charge in [0.1, 0.15) is 0 Å². The minimum atomic E-state index is 0.497. The molecule has 0 radical (unpaired) electrons. The molecule has 0 atom stereocenters. The van der Waals surface area contributed by atoms with Crippen molar-refractivity contribution >= 4 is 11.6 Å². The zero-order valence-corrected chi connectivity index (χ0v) is 7.38. The van der Waals surface area contributed by atoms with Crippen molar-refractivity contribution in [2.45, 2.75) is 32.2 Å². The van der Waals surface area contributed by atoms with Crippen LogP contribution in [0.3, 0.4) is 0 Å². The third-order valence-electron chi connectivity index (χ3n) is 1.56. The van der Waals surface area contributed by atoms with Crippen molar-refractivity contribution in [1.82, 2.24) is 15.0 Å². The standard InChI is InChI=1S/C7H12ClN3/c1-2-3-4-11-7(5-8)6-9-10-11/h6H,2-5H2,1H3. The summed E-state index contributed by atoms with van der Waals surface area (Å²) in [6.07, 6.45) is 4.01. The van der Waals surface area contributed by atoms with E-state index in [1.807, 2.05) is 4.68 Å². The van der Waals surface area contributed by atoms with Crippen LogP contribution in [0.25, 0.3) is 0 Å². The van der Waals surface area contributed by atoms with Gasteiger partial charge in [0.05, 0.1) is 17.8 Å². The van der Waals surface area contributed by atoms with Gasteiger partial charge in [-0.3, -0.25) is 0 Å². The van der Waals surface area contributed by atoms with E-state index in [0.717, 1.165) is 18.7 Å². The largest absolute Gasteiger partial charge is 0.248 e. The zero-order chi connectivity index (χ0) is 8.10. The Morgan fingerprint density at radius 2 is 2.45 bits per heavy atom. The molecule has 0 aliphatic heterocycles. The second-order valence-electron chi connectivity index (χ2n) is 2.44. The summed E-state index contributed by atoms with van der Waals surface area (Å²) in [5, 5.41) is 7.68. The van der Waals surface area contributed by atoms with E-state index in [2.05, 4.69) is 17.2 Å². The highest BCUT2D eigenvalue weighted by Crippen LogP contribution is 2.02. The first-order valence-corrected chi connectivity index (χ1v) is 4.35. The second kappa shape index (κ2) is 4.34. The summed E-state index contributed by atoms with van der Waals surface area (Å²) >= 11 is 5.65. The molecule has 0 amide bonds. The van der Waals surface area contributed by atoms with E-state index in [1.165, 1.54) is 6.42 Å². The number of nitrogens with zero attached hydrogens (tertiary/aromatic N) is 3. The molecule has 3 nitrogen and oxygen atoms in total. The summed E-state index contributed by atoms with van der Waals surface area (Å²) in [6, 6.07) is 0. The molecule has 0 unspecified atom stereocenters. The average molecular weight is 174 g/mol. The predicted octanol–water partition coefficient (Wildman–Crippen LogP) is 1.82. The molecule has 0 saturated carbocycles. The van der Waals surface area contributed by atoms with E-state index in [-0.39, 0.29) is 0 Å². The molecule has 0 spiro atoms. The van der Waals surface area contributed by atoms with Gasteiger partial charge < -0.3 is 0 Å². The Bertz CT molecular complexity index is 209. The lowest BCUT2D eigenvalue weighted by molar-refractivity contribution is 0.540. The molecule has 4 heteroatoms. The minimum Gasteiger partial charge on any atom is -0.248 e. The lowest BCUT2D eigenvalue weighted by Crippen LogP contribution is -2.03. The van der Waals surface area contributed by atoms with E-state index in [9.17, 15) is 0 Å². The van der Waals surface area contributed by atoms with Crippen molar-refractivity contribution in [2.75, 3.05) is 0 Å². The minimum absolute atomic E-state index is 0.497. The fourth-order valence-corrected chi connectivity index (χ4v) is 1.09. The third kappa shape index (κ3) is 2.19. The summed E-state index contributed by atoms with van der Waals surface area (Å²) in [5.74, 6) is 0.497. The van der Waals surface area contributed by atoms with Crippen LogP contribution in [-0.2, 0) is 12.4 Å². The fourth-order valence-electron chi connectivity index (χ4n) is 0.879. The highest BCUT2D eigenvalue weighted by molar-refractivity contribution is 6.16. The van der Waals surface area contributed by atoms with Gasteiger partial charge in [-0.1, -0.05) is 18.6 Å². The van der Waals surface area contributed by atoms with Crippen molar-refractivity contribution in [3.05, 3.63) is 11.9 Å². The molecule has 0 N–H and O–H groups in total. The second-order valence-corrected chi connectivity index (χ2v) is 2.70. The molecule has 0 saturated heterocycles. The molecular weight excluding hydrogens is 162 g/mol. The SMILES string of the molecule is CCCCn1nncc1CCl. The van der Waals surface area contributed by atoms with Gasteiger partial charge in [0.25, 0.3) is 0 Å². The lowest BCUT2D eigenvalue weighted by atomic mass is 10.3. The van der Waals surface area contributed by atoms with Gasteiger partial charge in [-0.2, -0.15) is 0 Å². The van der Waals surface area contributed by atoms with Crippen LogP contribution < -0.4 is 0 Å². The van der Waals surface area contributed by atoms with Crippen LogP contribution in [0.5, 0.6) is 0 Å². The average Bonchev–Trinajstić information content (AvgIpc) is 2.47. The van der Waals surface area contributed by atoms with Crippen molar-refractivity contribution in [3.8, 4) is 0 Å². The van der Waals surface area contributed by atoms with E-state index >= 15 is 0 Å². The van der Waals surface area contributed by atoms with Crippen LogP contribution in [0, 0.1) is 0 Å². The van der Waals surface area contributed by atoms with Crippen LogP contribution in [0.4, 0.5) is 0 Å². The first-order chi connectivity index (χ1) is 5.38. The van der Waals surface area contributed by atoms with Crippen molar-refractivity contribution in [3.63, 3.8) is 0 Å². The third-order valence-corrected chi connectivity index (χ3v) is 1.83. The number of rotatable bonds is 4. The van der Waals surface area contributed by atoms with Gasteiger partial charge in [-0.05, 0) is 6.42 Å². The van der Waals surface area contributed by atoms with Crippen LogP contribution >= 0.6 is 11.6 Å². The maximum absolute atomic E-state index is 5.65. The maximum Gasteiger partial charge on any atom is 0.0737 e. The molecule has 1 aromatic rings. The van der Waals surface area contributed by atoms with Gasteiger partial charge in [0.2, 0.25) is 0 Å². The molecule has 0 aromatic carbocycles. The van der Waals surface area contributed by atoms with Gasteiger partial charge in [0.15, 0.2) is 0 Å². The number of aromatic nitrogens is 3. The Kier molecular flexibility index (Phi) is 3.36.